The van der Waals surface area contributed by atoms with Gasteiger partial charge in [-0.3, -0.25) is 4.99 Å². The van der Waals surface area contributed by atoms with Crippen LogP contribution in [0.5, 0.6) is 0 Å². The molecule has 1 saturated heterocycles. The second kappa shape index (κ2) is 11.4. The molecule has 0 aromatic heterocycles. The standard InChI is InChI=1S/C17H27ClN4O3S.HI/c1-3-19-16(21-13-17(2)8-5-11-25-17)20-9-10-22-26(23,24)15-7-4-6-14(18)12-15;/h4,6-7,12,22H,3,5,8-11,13H2,1-2H3,(H2,19,20,21);1H. The highest BCUT2D eigenvalue weighted by Crippen LogP contribution is 2.24. The first-order chi connectivity index (χ1) is 12.3. The highest BCUT2D eigenvalue weighted by atomic mass is 127. The molecular formula is C17H28ClIN4O3S. The monoisotopic (exact) mass is 530 g/mol. The molecular weight excluding hydrogens is 503 g/mol. The third kappa shape index (κ3) is 8.10. The van der Waals surface area contributed by atoms with E-state index in [0.717, 1.165) is 26.0 Å². The Morgan fingerprint density at radius 3 is 2.74 bits per heavy atom. The van der Waals surface area contributed by atoms with Crippen molar-refractivity contribution in [1.29, 1.82) is 0 Å². The van der Waals surface area contributed by atoms with E-state index < -0.39 is 10.0 Å². The van der Waals surface area contributed by atoms with E-state index in [0.29, 0.717) is 24.1 Å². The molecule has 154 valence electrons. The molecule has 0 spiro atoms. The molecule has 7 nitrogen and oxygen atoms in total. The summed E-state index contributed by atoms with van der Waals surface area (Å²) in [6.07, 6.45) is 2.05. The summed E-state index contributed by atoms with van der Waals surface area (Å²) >= 11 is 5.85. The van der Waals surface area contributed by atoms with E-state index in [2.05, 4.69) is 27.3 Å². The van der Waals surface area contributed by atoms with Crippen molar-refractivity contribution in [2.45, 2.75) is 37.2 Å². The van der Waals surface area contributed by atoms with E-state index in [9.17, 15) is 8.42 Å². The number of aliphatic imine (C=N–C) groups is 1. The third-order valence-electron chi connectivity index (χ3n) is 4.03. The molecule has 1 heterocycles. The van der Waals surface area contributed by atoms with Crippen molar-refractivity contribution in [3.8, 4) is 0 Å². The van der Waals surface area contributed by atoms with Crippen molar-refractivity contribution in [3.63, 3.8) is 0 Å². The highest BCUT2D eigenvalue weighted by molar-refractivity contribution is 14.0. The quantitative estimate of drug-likeness (QED) is 0.208. The van der Waals surface area contributed by atoms with Gasteiger partial charge in [-0.2, -0.15) is 0 Å². The zero-order valence-electron chi connectivity index (χ0n) is 15.6. The molecule has 0 aliphatic carbocycles. The van der Waals surface area contributed by atoms with Crippen molar-refractivity contribution < 1.29 is 13.2 Å². The van der Waals surface area contributed by atoms with Crippen LogP contribution in [0.3, 0.4) is 0 Å². The van der Waals surface area contributed by atoms with Crippen molar-refractivity contribution in [1.82, 2.24) is 15.4 Å². The molecule has 1 aliphatic heterocycles. The lowest BCUT2D eigenvalue weighted by molar-refractivity contribution is 0.0283. The van der Waals surface area contributed by atoms with Gasteiger partial charge in [-0.05, 0) is 44.9 Å². The molecule has 0 saturated carbocycles. The summed E-state index contributed by atoms with van der Waals surface area (Å²) in [5.74, 6) is 0.645. The molecule has 1 aromatic rings. The number of halogens is 2. The van der Waals surface area contributed by atoms with E-state index in [1.54, 1.807) is 12.1 Å². The number of guanidine groups is 1. The highest BCUT2D eigenvalue weighted by Gasteiger charge is 2.29. The maximum Gasteiger partial charge on any atom is 0.240 e. The largest absolute Gasteiger partial charge is 0.373 e. The van der Waals surface area contributed by atoms with Crippen LogP contribution in [0.25, 0.3) is 0 Å². The molecule has 1 unspecified atom stereocenters. The van der Waals surface area contributed by atoms with E-state index in [4.69, 9.17) is 16.3 Å². The van der Waals surface area contributed by atoms with Gasteiger partial charge >= 0.3 is 0 Å². The minimum atomic E-state index is -3.58. The molecule has 27 heavy (non-hydrogen) atoms. The summed E-state index contributed by atoms with van der Waals surface area (Å²) in [6, 6.07) is 6.17. The van der Waals surface area contributed by atoms with Crippen LogP contribution in [0, 0.1) is 0 Å². The number of rotatable bonds is 8. The Kier molecular flexibility index (Phi) is 10.3. The third-order valence-corrected chi connectivity index (χ3v) is 5.73. The molecule has 1 aliphatic rings. The Balaban J connectivity index is 0.00000364. The van der Waals surface area contributed by atoms with Crippen LogP contribution in [0.2, 0.25) is 5.02 Å². The van der Waals surface area contributed by atoms with Gasteiger partial charge in [-0.15, -0.1) is 24.0 Å². The number of nitrogens with one attached hydrogen (secondary N) is 3. The Bertz CT molecular complexity index is 725. The number of hydrogen-bond donors (Lipinski definition) is 3. The van der Waals surface area contributed by atoms with Crippen LogP contribution in [0.1, 0.15) is 26.7 Å². The average molecular weight is 531 g/mol. The van der Waals surface area contributed by atoms with Crippen molar-refractivity contribution in [2.24, 2.45) is 4.99 Å². The number of ether oxygens (including phenoxy) is 1. The summed E-state index contributed by atoms with van der Waals surface area (Å²) in [5.41, 5.74) is -0.212. The van der Waals surface area contributed by atoms with E-state index in [1.165, 1.54) is 12.1 Å². The topological polar surface area (TPSA) is 91.8 Å². The van der Waals surface area contributed by atoms with Crippen molar-refractivity contribution >= 4 is 51.6 Å². The van der Waals surface area contributed by atoms with E-state index in [-0.39, 0.29) is 41.0 Å². The van der Waals surface area contributed by atoms with Gasteiger partial charge in [0, 0.05) is 31.3 Å². The van der Waals surface area contributed by atoms with Gasteiger partial charge < -0.3 is 15.4 Å². The van der Waals surface area contributed by atoms with Gasteiger partial charge in [-0.25, -0.2) is 13.1 Å². The molecule has 0 bridgehead atoms. The smallest absolute Gasteiger partial charge is 0.240 e. The van der Waals surface area contributed by atoms with Crippen molar-refractivity contribution in [2.75, 3.05) is 32.8 Å². The zero-order valence-corrected chi connectivity index (χ0v) is 19.5. The van der Waals surface area contributed by atoms with Crippen LogP contribution < -0.4 is 15.4 Å². The van der Waals surface area contributed by atoms with Gasteiger partial charge in [0.25, 0.3) is 0 Å². The average Bonchev–Trinajstić information content (AvgIpc) is 3.03. The minimum Gasteiger partial charge on any atom is -0.373 e. The lowest BCUT2D eigenvalue weighted by Crippen LogP contribution is -2.42. The minimum absolute atomic E-state index is 0. The lowest BCUT2D eigenvalue weighted by Gasteiger charge is -2.21. The van der Waals surface area contributed by atoms with Gasteiger partial charge in [0.2, 0.25) is 10.0 Å². The molecule has 0 amide bonds. The van der Waals surface area contributed by atoms with E-state index >= 15 is 0 Å². The van der Waals surface area contributed by atoms with Crippen LogP contribution in [-0.4, -0.2) is 52.8 Å². The molecule has 10 heteroatoms. The predicted octanol–water partition coefficient (Wildman–Crippen LogP) is 2.36. The van der Waals surface area contributed by atoms with Crippen LogP contribution in [-0.2, 0) is 14.8 Å². The first-order valence-corrected chi connectivity index (χ1v) is 10.6. The molecule has 1 aromatic carbocycles. The number of benzene rings is 1. The fourth-order valence-corrected chi connectivity index (χ4v) is 3.97. The summed E-state index contributed by atoms with van der Waals surface area (Å²) < 4.78 is 32.8. The maximum atomic E-state index is 12.2. The molecule has 1 fully saturated rings. The second-order valence-electron chi connectivity index (χ2n) is 6.38. The summed E-state index contributed by atoms with van der Waals surface area (Å²) in [7, 11) is -3.58. The summed E-state index contributed by atoms with van der Waals surface area (Å²) in [4.78, 5) is 4.70. The Labute approximate surface area is 183 Å². The molecule has 3 N–H and O–H groups in total. The SMILES string of the molecule is CCNC(=NCC1(C)CCCO1)NCCNS(=O)(=O)c1cccc(Cl)c1.I. The lowest BCUT2D eigenvalue weighted by atomic mass is 10.0. The van der Waals surface area contributed by atoms with Gasteiger partial charge in [0.15, 0.2) is 5.96 Å². The predicted molar refractivity (Wildman–Crippen MR) is 120 cm³/mol. The number of sulfonamides is 1. The maximum absolute atomic E-state index is 12.2. The molecule has 1 atom stereocenters. The van der Waals surface area contributed by atoms with Crippen LogP contribution in [0.4, 0.5) is 0 Å². The number of nitrogens with zero attached hydrogens (tertiary/aromatic N) is 1. The normalized spacial score (nSPS) is 20.2. The van der Waals surface area contributed by atoms with E-state index in [1.807, 2.05) is 6.92 Å². The van der Waals surface area contributed by atoms with Gasteiger partial charge in [-0.1, -0.05) is 17.7 Å². The Hall–Kier alpha value is -0.620. The first kappa shape index (κ1) is 24.4. The summed E-state index contributed by atoms with van der Waals surface area (Å²) in [6.45, 7) is 6.74. The Morgan fingerprint density at radius 1 is 1.33 bits per heavy atom. The molecule has 0 radical (unpaired) electrons. The van der Waals surface area contributed by atoms with Gasteiger partial charge in [0.1, 0.15) is 0 Å². The van der Waals surface area contributed by atoms with Crippen LogP contribution >= 0.6 is 35.6 Å². The molecule has 2 rings (SSSR count). The zero-order chi connectivity index (χ0) is 19.0. The first-order valence-electron chi connectivity index (χ1n) is 8.76. The fourth-order valence-electron chi connectivity index (χ4n) is 2.63. The van der Waals surface area contributed by atoms with Crippen LogP contribution in [0.15, 0.2) is 34.2 Å². The fraction of sp³-hybridized carbons (Fsp3) is 0.588. The number of hydrogen-bond acceptors (Lipinski definition) is 4. The Morgan fingerprint density at radius 2 is 2.11 bits per heavy atom. The van der Waals surface area contributed by atoms with Crippen molar-refractivity contribution in [3.05, 3.63) is 29.3 Å². The van der Waals surface area contributed by atoms with Gasteiger partial charge in [0.05, 0.1) is 17.0 Å². The summed E-state index contributed by atoms with van der Waals surface area (Å²) in [5, 5.41) is 6.66. The second-order valence-corrected chi connectivity index (χ2v) is 8.58.